The lowest BCUT2D eigenvalue weighted by Crippen LogP contribution is -2.42. The molecule has 3 aromatic rings. The summed E-state index contributed by atoms with van der Waals surface area (Å²) in [7, 11) is -4.08. The van der Waals surface area contributed by atoms with Gasteiger partial charge in [-0.3, -0.25) is 4.79 Å². The van der Waals surface area contributed by atoms with Crippen LogP contribution in [0.5, 0.6) is 0 Å². The van der Waals surface area contributed by atoms with Crippen LogP contribution in [0.4, 0.5) is 0 Å². The van der Waals surface area contributed by atoms with Crippen molar-refractivity contribution in [2.45, 2.75) is 29.2 Å². The summed E-state index contributed by atoms with van der Waals surface area (Å²) < 4.78 is 28.1. The lowest BCUT2D eigenvalue weighted by atomic mass is 10.1. The normalized spacial score (nSPS) is 12.5. The minimum absolute atomic E-state index is 0.0526. The fraction of sp³-hybridized carbons (Fsp3) is 0.240. The van der Waals surface area contributed by atoms with Gasteiger partial charge in [0, 0.05) is 16.5 Å². The summed E-state index contributed by atoms with van der Waals surface area (Å²) in [5.74, 6) is -0.406. The Morgan fingerprint density at radius 1 is 1.03 bits per heavy atom. The highest BCUT2D eigenvalue weighted by molar-refractivity contribution is 7.98. The Hall–Kier alpha value is -2.03. The van der Waals surface area contributed by atoms with Crippen LogP contribution in [-0.2, 0) is 21.2 Å². The lowest BCUT2D eigenvalue weighted by Gasteiger charge is -2.24. The monoisotopic (exact) mass is 536 g/mol. The second kappa shape index (κ2) is 12.1. The molecule has 0 fully saturated rings. The molecule has 5 nitrogen and oxygen atoms in total. The van der Waals surface area contributed by atoms with Gasteiger partial charge in [0.05, 0.1) is 17.6 Å². The van der Waals surface area contributed by atoms with E-state index in [9.17, 15) is 13.2 Å². The Morgan fingerprint density at radius 3 is 2.35 bits per heavy atom. The number of benzene rings is 3. The van der Waals surface area contributed by atoms with Crippen LogP contribution in [0.15, 0.2) is 82.6 Å². The number of hydrogen-bond donors (Lipinski definition) is 1. The predicted molar refractivity (Wildman–Crippen MR) is 140 cm³/mol. The molecule has 1 amide bonds. The quantitative estimate of drug-likeness (QED) is 0.331. The molecule has 3 aromatic carbocycles. The number of halogens is 2. The van der Waals surface area contributed by atoms with Gasteiger partial charge in [-0.15, -0.1) is 11.8 Å². The third-order valence-electron chi connectivity index (χ3n) is 5.32. The van der Waals surface area contributed by atoms with Crippen molar-refractivity contribution in [3.05, 3.63) is 94.0 Å². The van der Waals surface area contributed by atoms with Gasteiger partial charge in [0.2, 0.25) is 15.9 Å². The molecule has 0 aliphatic rings. The first-order valence-corrected chi connectivity index (χ1v) is 14.0. The van der Waals surface area contributed by atoms with Crippen LogP contribution in [0.3, 0.4) is 0 Å². The van der Waals surface area contributed by atoms with E-state index in [1.54, 1.807) is 11.8 Å². The number of carbonyl (C=O) groups is 1. The van der Waals surface area contributed by atoms with Crippen molar-refractivity contribution in [1.82, 2.24) is 9.62 Å². The third-order valence-corrected chi connectivity index (χ3v) is 8.62. The molecule has 1 unspecified atom stereocenters. The van der Waals surface area contributed by atoms with E-state index in [1.807, 2.05) is 67.8 Å². The smallest absolute Gasteiger partial charge is 0.245 e. The SMILES string of the molecule is CSc1ccc(C(C)NC(=O)CN(CCc2ccccc2)S(=O)(=O)c2cc(Cl)ccc2Cl)cc1. The fourth-order valence-corrected chi connectivity index (χ4v) is 5.96. The zero-order valence-corrected chi connectivity index (χ0v) is 22.0. The Kier molecular flexibility index (Phi) is 9.45. The topological polar surface area (TPSA) is 66.5 Å². The van der Waals surface area contributed by atoms with E-state index in [-0.39, 0.29) is 34.1 Å². The van der Waals surface area contributed by atoms with E-state index in [2.05, 4.69) is 5.32 Å². The molecule has 0 heterocycles. The average molecular weight is 538 g/mol. The summed E-state index contributed by atoms with van der Waals surface area (Å²) >= 11 is 13.9. The number of nitrogens with zero attached hydrogens (tertiary/aromatic N) is 1. The summed E-state index contributed by atoms with van der Waals surface area (Å²) in [5.41, 5.74) is 1.89. The van der Waals surface area contributed by atoms with E-state index in [1.165, 1.54) is 18.2 Å². The molecule has 34 heavy (non-hydrogen) atoms. The van der Waals surface area contributed by atoms with E-state index in [0.717, 1.165) is 20.3 Å². The predicted octanol–water partition coefficient (Wildman–Crippen LogP) is 5.83. The number of thioether (sulfide) groups is 1. The van der Waals surface area contributed by atoms with E-state index < -0.39 is 15.9 Å². The zero-order valence-electron chi connectivity index (χ0n) is 18.9. The van der Waals surface area contributed by atoms with E-state index in [4.69, 9.17) is 23.2 Å². The number of rotatable bonds is 10. The maximum Gasteiger partial charge on any atom is 0.245 e. The molecule has 0 bridgehead atoms. The van der Waals surface area contributed by atoms with Gasteiger partial charge in [0.25, 0.3) is 0 Å². The molecule has 3 rings (SSSR count). The summed E-state index contributed by atoms with van der Waals surface area (Å²) in [5, 5.41) is 3.20. The van der Waals surface area contributed by atoms with Crippen molar-refractivity contribution in [3.63, 3.8) is 0 Å². The maximum absolute atomic E-state index is 13.5. The molecule has 1 atom stereocenters. The van der Waals surface area contributed by atoms with Crippen molar-refractivity contribution >= 4 is 50.9 Å². The van der Waals surface area contributed by atoms with E-state index in [0.29, 0.717) is 6.42 Å². The standard InChI is InChI=1S/C25H26Cl2N2O3S2/c1-18(20-8-11-22(33-2)12-9-20)28-25(30)17-29(15-14-19-6-4-3-5-7-19)34(31,32)24-16-21(26)10-13-23(24)27/h3-13,16,18H,14-15,17H2,1-2H3,(H,28,30). The first-order chi connectivity index (χ1) is 16.2. The highest BCUT2D eigenvalue weighted by Gasteiger charge is 2.29. The molecule has 180 valence electrons. The highest BCUT2D eigenvalue weighted by Crippen LogP contribution is 2.28. The molecule has 0 aromatic heterocycles. The van der Waals surface area contributed by atoms with Crippen LogP contribution in [0.2, 0.25) is 10.0 Å². The molecule has 0 aliphatic carbocycles. The van der Waals surface area contributed by atoms with Crippen LogP contribution in [0.1, 0.15) is 24.1 Å². The summed E-state index contributed by atoms with van der Waals surface area (Å²) in [6.45, 7) is 1.63. The van der Waals surface area contributed by atoms with Gasteiger partial charge in [0.1, 0.15) is 4.90 Å². The molecule has 0 radical (unpaired) electrons. The first-order valence-electron chi connectivity index (χ1n) is 10.6. The van der Waals surface area contributed by atoms with Crippen LogP contribution >= 0.6 is 35.0 Å². The van der Waals surface area contributed by atoms with Crippen molar-refractivity contribution in [2.75, 3.05) is 19.3 Å². The Balaban J connectivity index is 1.80. The van der Waals surface area contributed by atoms with Gasteiger partial charge in [-0.2, -0.15) is 4.31 Å². The van der Waals surface area contributed by atoms with Gasteiger partial charge >= 0.3 is 0 Å². The molecule has 1 N–H and O–H groups in total. The maximum atomic E-state index is 13.5. The van der Waals surface area contributed by atoms with Crippen molar-refractivity contribution in [3.8, 4) is 0 Å². The number of nitrogens with one attached hydrogen (secondary N) is 1. The van der Waals surface area contributed by atoms with Crippen LogP contribution in [-0.4, -0.2) is 38.0 Å². The summed E-state index contributed by atoms with van der Waals surface area (Å²) in [6, 6.07) is 21.4. The van der Waals surface area contributed by atoms with Gasteiger partial charge in [-0.1, -0.05) is 65.7 Å². The molecule has 0 spiro atoms. The molecule has 9 heteroatoms. The highest BCUT2D eigenvalue weighted by atomic mass is 35.5. The largest absolute Gasteiger partial charge is 0.348 e. The third kappa shape index (κ3) is 6.99. The van der Waals surface area contributed by atoms with Gasteiger partial charge in [-0.25, -0.2) is 8.42 Å². The fourth-order valence-electron chi connectivity index (χ4n) is 3.42. The minimum Gasteiger partial charge on any atom is -0.348 e. The number of hydrogen-bond acceptors (Lipinski definition) is 4. The van der Waals surface area contributed by atoms with Crippen molar-refractivity contribution in [2.24, 2.45) is 0 Å². The molecular weight excluding hydrogens is 511 g/mol. The van der Waals surface area contributed by atoms with Gasteiger partial charge < -0.3 is 5.32 Å². The van der Waals surface area contributed by atoms with Crippen LogP contribution < -0.4 is 5.32 Å². The molecule has 0 saturated heterocycles. The van der Waals surface area contributed by atoms with Gasteiger partial charge in [-0.05, 0) is 61.1 Å². The van der Waals surface area contributed by atoms with Crippen molar-refractivity contribution in [1.29, 1.82) is 0 Å². The van der Waals surface area contributed by atoms with Crippen molar-refractivity contribution < 1.29 is 13.2 Å². The molecular formula is C25H26Cl2N2O3S2. The Morgan fingerprint density at radius 2 is 1.71 bits per heavy atom. The zero-order chi connectivity index (χ0) is 24.7. The summed E-state index contributed by atoms with van der Waals surface area (Å²) in [6.07, 6.45) is 2.44. The molecule has 0 aliphatic heterocycles. The summed E-state index contributed by atoms with van der Waals surface area (Å²) in [4.78, 5) is 13.9. The second-order valence-electron chi connectivity index (χ2n) is 7.71. The second-order valence-corrected chi connectivity index (χ2v) is 11.3. The van der Waals surface area contributed by atoms with Crippen LogP contribution in [0, 0.1) is 0 Å². The Labute approximate surface area is 215 Å². The number of amides is 1. The average Bonchev–Trinajstić information content (AvgIpc) is 2.83. The Bertz CT molecular complexity index is 1220. The minimum atomic E-state index is -4.08. The number of carbonyl (C=O) groups excluding carboxylic acids is 1. The molecule has 0 saturated carbocycles. The van der Waals surface area contributed by atoms with Gasteiger partial charge in [0.15, 0.2) is 0 Å². The lowest BCUT2D eigenvalue weighted by molar-refractivity contribution is -0.121. The van der Waals surface area contributed by atoms with Crippen LogP contribution in [0.25, 0.3) is 0 Å². The number of sulfonamides is 1. The van der Waals surface area contributed by atoms with E-state index >= 15 is 0 Å². The first kappa shape index (κ1) is 26.6.